The standard InChI is InChI=1S/C16H21ClN2O3/c1-19-7-9-21-14(10-19)16(20)18-13-6-8-22-15(13)11-2-4-12(17)5-3-11/h2-5,13-15H,6-10H2,1H3,(H,18,20)/t13-,14-,15+/m0/s1. The van der Waals surface area contributed by atoms with Crippen LogP contribution in [-0.4, -0.2) is 56.3 Å². The van der Waals surface area contributed by atoms with Gasteiger partial charge < -0.3 is 19.7 Å². The summed E-state index contributed by atoms with van der Waals surface area (Å²) in [6.07, 6.45) is 0.287. The van der Waals surface area contributed by atoms with Gasteiger partial charge in [0.25, 0.3) is 5.91 Å². The van der Waals surface area contributed by atoms with Crippen molar-refractivity contribution in [2.75, 3.05) is 33.4 Å². The van der Waals surface area contributed by atoms with Crippen molar-refractivity contribution < 1.29 is 14.3 Å². The number of carbonyl (C=O) groups excluding carboxylic acids is 1. The van der Waals surface area contributed by atoms with Crippen LogP contribution in [0.25, 0.3) is 0 Å². The topological polar surface area (TPSA) is 50.8 Å². The van der Waals surface area contributed by atoms with E-state index in [1.54, 1.807) is 0 Å². The first-order valence-corrected chi connectivity index (χ1v) is 7.99. The summed E-state index contributed by atoms with van der Waals surface area (Å²) >= 11 is 5.92. The first-order valence-electron chi connectivity index (χ1n) is 7.61. The summed E-state index contributed by atoms with van der Waals surface area (Å²) < 4.78 is 11.4. The largest absolute Gasteiger partial charge is 0.371 e. The molecule has 3 rings (SSSR count). The Labute approximate surface area is 135 Å². The highest BCUT2D eigenvalue weighted by atomic mass is 35.5. The van der Waals surface area contributed by atoms with Gasteiger partial charge in [0.1, 0.15) is 12.2 Å². The zero-order valence-electron chi connectivity index (χ0n) is 12.6. The van der Waals surface area contributed by atoms with Crippen molar-refractivity contribution in [1.29, 1.82) is 0 Å². The van der Waals surface area contributed by atoms with Gasteiger partial charge in [0.15, 0.2) is 0 Å². The van der Waals surface area contributed by atoms with Gasteiger partial charge in [-0.1, -0.05) is 23.7 Å². The summed E-state index contributed by atoms with van der Waals surface area (Å²) in [7, 11) is 2.00. The molecular formula is C16H21ClN2O3. The molecule has 2 heterocycles. The normalized spacial score (nSPS) is 29.5. The first kappa shape index (κ1) is 15.7. The lowest BCUT2D eigenvalue weighted by Gasteiger charge is -2.30. The van der Waals surface area contributed by atoms with Crippen LogP contribution in [0.3, 0.4) is 0 Å². The van der Waals surface area contributed by atoms with Crippen LogP contribution in [0.5, 0.6) is 0 Å². The maximum Gasteiger partial charge on any atom is 0.250 e. The number of ether oxygens (including phenoxy) is 2. The summed E-state index contributed by atoms with van der Waals surface area (Å²) in [4.78, 5) is 14.5. The number of morpholine rings is 1. The van der Waals surface area contributed by atoms with E-state index in [4.69, 9.17) is 21.1 Å². The van der Waals surface area contributed by atoms with E-state index >= 15 is 0 Å². The van der Waals surface area contributed by atoms with Crippen LogP contribution in [0.15, 0.2) is 24.3 Å². The Balaban J connectivity index is 1.63. The third kappa shape index (κ3) is 3.60. The molecule has 3 atom stereocenters. The van der Waals surface area contributed by atoms with Crippen molar-refractivity contribution >= 4 is 17.5 Å². The maximum atomic E-state index is 12.4. The average molecular weight is 325 g/mol. The molecule has 120 valence electrons. The Kier molecular flexibility index (Phi) is 4.98. The van der Waals surface area contributed by atoms with Crippen molar-refractivity contribution in [2.24, 2.45) is 0 Å². The second-order valence-electron chi connectivity index (χ2n) is 5.87. The number of halogens is 1. The van der Waals surface area contributed by atoms with Gasteiger partial charge in [-0.25, -0.2) is 0 Å². The van der Waals surface area contributed by atoms with Crippen LogP contribution in [-0.2, 0) is 14.3 Å². The highest BCUT2D eigenvalue weighted by Gasteiger charge is 2.33. The molecule has 2 fully saturated rings. The summed E-state index contributed by atoms with van der Waals surface area (Å²) in [5.41, 5.74) is 1.04. The van der Waals surface area contributed by atoms with Gasteiger partial charge in [0.05, 0.1) is 12.6 Å². The summed E-state index contributed by atoms with van der Waals surface area (Å²) in [6, 6.07) is 7.56. The molecule has 0 aliphatic carbocycles. The van der Waals surface area contributed by atoms with Crippen LogP contribution < -0.4 is 5.32 Å². The number of carbonyl (C=O) groups is 1. The second kappa shape index (κ2) is 6.96. The lowest BCUT2D eigenvalue weighted by molar-refractivity contribution is -0.139. The predicted molar refractivity (Wildman–Crippen MR) is 83.9 cm³/mol. The van der Waals surface area contributed by atoms with E-state index in [1.165, 1.54) is 0 Å². The van der Waals surface area contributed by atoms with Crippen molar-refractivity contribution in [2.45, 2.75) is 24.7 Å². The third-order valence-electron chi connectivity index (χ3n) is 4.18. The van der Waals surface area contributed by atoms with E-state index in [0.717, 1.165) is 18.5 Å². The fraction of sp³-hybridized carbons (Fsp3) is 0.562. The fourth-order valence-electron chi connectivity index (χ4n) is 2.93. The SMILES string of the molecule is CN1CCO[C@H](C(=O)N[C@H]2CCO[C@@H]2c2ccc(Cl)cc2)C1. The van der Waals surface area contributed by atoms with Crippen molar-refractivity contribution in [1.82, 2.24) is 10.2 Å². The van der Waals surface area contributed by atoms with E-state index in [-0.39, 0.29) is 18.1 Å². The Bertz CT molecular complexity index is 523. The molecular weight excluding hydrogens is 304 g/mol. The first-order chi connectivity index (χ1) is 10.6. The van der Waals surface area contributed by atoms with Gasteiger partial charge in [-0.2, -0.15) is 0 Å². The van der Waals surface area contributed by atoms with Gasteiger partial charge in [-0.15, -0.1) is 0 Å². The molecule has 1 aromatic carbocycles. The van der Waals surface area contributed by atoms with E-state index in [9.17, 15) is 4.79 Å². The number of hydrogen-bond acceptors (Lipinski definition) is 4. The van der Waals surface area contributed by atoms with Gasteiger partial charge in [0, 0.05) is 24.7 Å². The van der Waals surface area contributed by atoms with Crippen molar-refractivity contribution in [3.05, 3.63) is 34.9 Å². The highest BCUT2D eigenvalue weighted by molar-refractivity contribution is 6.30. The highest BCUT2D eigenvalue weighted by Crippen LogP contribution is 2.30. The molecule has 0 saturated carbocycles. The summed E-state index contributed by atoms with van der Waals surface area (Å²) in [5, 5.41) is 3.78. The molecule has 22 heavy (non-hydrogen) atoms. The zero-order valence-corrected chi connectivity index (χ0v) is 13.4. The van der Waals surface area contributed by atoms with Gasteiger partial charge in [0.2, 0.25) is 0 Å². The smallest absolute Gasteiger partial charge is 0.250 e. The lowest BCUT2D eigenvalue weighted by atomic mass is 10.0. The molecule has 1 N–H and O–H groups in total. The second-order valence-corrected chi connectivity index (χ2v) is 6.30. The minimum Gasteiger partial charge on any atom is -0.371 e. The summed E-state index contributed by atoms with van der Waals surface area (Å²) in [6.45, 7) is 2.73. The van der Waals surface area contributed by atoms with Crippen LogP contribution >= 0.6 is 11.6 Å². The molecule has 0 bridgehead atoms. The van der Waals surface area contributed by atoms with Crippen LogP contribution in [0.1, 0.15) is 18.1 Å². The molecule has 0 unspecified atom stereocenters. The molecule has 0 spiro atoms. The molecule has 0 aromatic heterocycles. The van der Waals surface area contributed by atoms with E-state index in [1.807, 2.05) is 31.3 Å². The molecule has 6 heteroatoms. The minimum atomic E-state index is -0.398. The number of likely N-dealkylation sites (N-methyl/N-ethyl adjacent to an activating group) is 1. The maximum absolute atomic E-state index is 12.4. The number of nitrogens with zero attached hydrogens (tertiary/aromatic N) is 1. The lowest BCUT2D eigenvalue weighted by Crippen LogP contribution is -2.51. The van der Waals surface area contributed by atoms with Crippen molar-refractivity contribution in [3.8, 4) is 0 Å². The molecule has 2 saturated heterocycles. The molecule has 1 aromatic rings. The van der Waals surface area contributed by atoms with Gasteiger partial charge >= 0.3 is 0 Å². The number of rotatable bonds is 3. The van der Waals surface area contributed by atoms with E-state index in [0.29, 0.717) is 24.8 Å². The number of nitrogens with one attached hydrogen (secondary N) is 1. The number of benzene rings is 1. The quantitative estimate of drug-likeness (QED) is 0.918. The van der Waals surface area contributed by atoms with Crippen LogP contribution in [0, 0.1) is 0 Å². The zero-order chi connectivity index (χ0) is 15.5. The monoisotopic (exact) mass is 324 g/mol. The molecule has 5 nitrogen and oxygen atoms in total. The van der Waals surface area contributed by atoms with E-state index in [2.05, 4.69) is 10.2 Å². The van der Waals surface area contributed by atoms with Crippen LogP contribution in [0.2, 0.25) is 5.02 Å². The van der Waals surface area contributed by atoms with Crippen LogP contribution in [0.4, 0.5) is 0 Å². The average Bonchev–Trinajstić information content (AvgIpc) is 2.96. The predicted octanol–water partition coefficient (Wildman–Crippen LogP) is 1.62. The number of hydrogen-bond donors (Lipinski definition) is 1. The Morgan fingerprint density at radius 3 is 2.77 bits per heavy atom. The minimum absolute atomic E-state index is 0.0236. The molecule has 1 amide bonds. The summed E-state index contributed by atoms with van der Waals surface area (Å²) in [5.74, 6) is -0.0546. The van der Waals surface area contributed by atoms with Gasteiger partial charge in [-0.3, -0.25) is 4.79 Å². The van der Waals surface area contributed by atoms with Crippen molar-refractivity contribution in [3.63, 3.8) is 0 Å². The Morgan fingerprint density at radius 1 is 1.27 bits per heavy atom. The Hall–Kier alpha value is -1.14. The third-order valence-corrected chi connectivity index (χ3v) is 4.43. The molecule has 0 radical (unpaired) electrons. The molecule has 2 aliphatic rings. The van der Waals surface area contributed by atoms with E-state index < -0.39 is 6.10 Å². The Morgan fingerprint density at radius 2 is 2.05 bits per heavy atom. The fourth-order valence-corrected chi connectivity index (χ4v) is 3.06. The van der Waals surface area contributed by atoms with Gasteiger partial charge in [-0.05, 0) is 31.2 Å². The molecule has 2 aliphatic heterocycles. The number of amides is 1.